The van der Waals surface area contributed by atoms with E-state index in [1.165, 1.54) is 0 Å². The first-order valence-corrected chi connectivity index (χ1v) is 5.28. The molecule has 0 aromatic rings. The molecule has 0 aliphatic rings. The van der Waals surface area contributed by atoms with Gasteiger partial charge in [-0.3, -0.25) is 0 Å². The number of amides is 1. The van der Waals surface area contributed by atoms with Crippen LogP contribution < -0.4 is 9.63 Å². The number of ether oxygens (including phenoxy) is 1. The predicted molar refractivity (Wildman–Crippen MR) is 41.8 cm³/mol. The molecule has 0 heterocycles. The highest BCUT2D eigenvalue weighted by Gasteiger charge is 1.94. The van der Waals surface area contributed by atoms with Crippen LogP contribution in [0.5, 0.6) is 0 Å². The topological polar surface area (TPSA) is 50.4 Å². The van der Waals surface area contributed by atoms with Gasteiger partial charge in [0, 0.05) is 0 Å². The van der Waals surface area contributed by atoms with Gasteiger partial charge < -0.3 is 14.4 Å². The van der Waals surface area contributed by atoms with Crippen molar-refractivity contribution in [3.63, 3.8) is 0 Å². The molecule has 0 aliphatic heterocycles. The third kappa shape index (κ3) is 5.54. The summed E-state index contributed by atoms with van der Waals surface area (Å²) in [5, 5.41) is 0. The normalized spacial score (nSPS) is 10.3. The maximum Gasteiger partial charge on any atom is 0.399 e. The van der Waals surface area contributed by atoms with Crippen molar-refractivity contribution in [2.75, 3.05) is 6.61 Å². The number of carbonyl (C=O) groups excluding carboxylic acids is 1. The van der Waals surface area contributed by atoms with Crippen molar-refractivity contribution in [3.8, 4) is 0 Å². The average Bonchev–Trinajstić information content (AvgIpc) is 1.85. The lowest BCUT2D eigenvalue weighted by Crippen LogP contribution is -2.36. The van der Waals surface area contributed by atoms with Crippen LogP contribution in [0.4, 0.5) is 4.79 Å². The Morgan fingerprint density at radius 1 is 1.89 bits per heavy atom. The molecule has 4 nitrogen and oxygen atoms in total. The van der Waals surface area contributed by atoms with Crippen LogP contribution in [-0.4, -0.2) is 32.9 Å². The van der Waals surface area contributed by atoms with Crippen LogP contribution in [0.1, 0.15) is 6.92 Å². The fraction of sp³-hybridized carbons (Fsp3) is 0.667. The fourth-order valence-corrected chi connectivity index (χ4v) is 1.30. The number of nitrogens with one attached hydrogen (secondary N) is 2. The zero-order valence-electron chi connectivity index (χ0n) is 5.73. The van der Waals surface area contributed by atoms with Crippen molar-refractivity contribution >= 4 is 26.3 Å². The van der Waals surface area contributed by atoms with Crippen molar-refractivity contribution in [2.45, 2.75) is 6.92 Å². The van der Waals surface area contributed by atoms with Crippen molar-refractivity contribution in [3.05, 3.63) is 0 Å². The van der Waals surface area contributed by atoms with Gasteiger partial charge in [0.1, 0.15) is 0 Å². The van der Waals surface area contributed by atoms with Crippen LogP contribution >= 0.6 is 0 Å². The first-order chi connectivity index (χ1) is 4.31. The van der Waals surface area contributed by atoms with Crippen LogP contribution in [0.2, 0.25) is 0 Å². The Morgan fingerprint density at radius 2 is 2.56 bits per heavy atom. The molecule has 9 heavy (non-hydrogen) atoms. The Kier molecular flexibility index (Phi) is 5.58. The number of hydrogen-bond donors (Lipinski definition) is 2. The van der Waals surface area contributed by atoms with Crippen LogP contribution in [0.3, 0.4) is 0 Å². The summed E-state index contributed by atoms with van der Waals surface area (Å²) in [4.78, 5) is 13.1. The molecule has 1 amide bonds. The molecule has 0 atom stereocenters. The van der Waals surface area contributed by atoms with E-state index in [0.29, 0.717) is 6.61 Å². The predicted octanol–water partition coefficient (Wildman–Crippen LogP) is -2.40. The first-order valence-electron chi connectivity index (χ1n) is 2.86. The Morgan fingerprint density at radius 3 is 3.00 bits per heavy atom. The molecule has 0 saturated heterocycles. The summed E-state index contributed by atoms with van der Waals surface area (Å²) in [7, 11) is 0.381. The summed E-state index contributed by atoms with van der Waals surface area (Å²) in [6.45, 7) is 2.23. The molecule has 0 fully saturated rings. The highest BCUT2D eigenvalue weighted by molar-refractivity contribution is 6.42. The average molecular weight is 164 g/mol. The van der Waals surface area contributed by atoms with E-state index < -0.39 is 9.84 Å². The van der Waals surface area contributed by atoms with E-state index >= 15 is 0 Å². The molecule has 0 aliphatic carbocycles. The third-order valence-corrected chi connectivity index (χ3v) is 2.56. The molecule has 54 valence electrons. The van der Waals surface area contributed by atoms with Crippen molar-refractivity contribution in [1.29, 1.82) is 0 Å². The summed E-state index contributed by atoms with van der Waals surface area (Å²) < 4.78 is 7.63. The van der Waals surface area contributed by atoms with E-state index in [1.807, 2.05) is 0 Å². The quantitative estimate of drug-likeness (QED) is 0.457. The summed E-state index contributed by atoms with van der Waals surface area (Å²) >= 11 is 0. The summed E-state index contributed by atoms with van der Waals surface area (Å²) in [5.74, 6) is 0. The van der Waals surface area contributed by atoms with E-state index in [2.05, 4.69) is 14.4 Å². The molecule has 0 saturated carbocycles. The molecule has 0 rings (SSSR count). The second kappa shape index (κ2) is 5.79. The highest BCUT2D eigenvalue weighted by atomic mass is 28.3. The van der Waals surface area contributed by atoms with Gasteiger partial charge in [-0.15, -0.1) is 0 Å². The smallest absolute Gasteiger partial charge is 0.399 e. The summed E-state index contributed by atoms with van der Waals surface area (Å²) in [6.07, 6.45) is -0.299. The number of carbonyl (C=O) groups is 1. The van der Waals surface area contributed by atoms with Gasteiger partial charge in [-0.25, -0.2) is 4.79 Å². The van der Waals surface area contributed by atoms with Gasteiger partial charge in [0.05, 0.1) is 17.0 Å². The molecule has 0 aromatic heterocycles. The highest BCUT2D eigenvalue weighted by Crippen LogP contribution is 1.71. The van der Waals surface area contributed by atoms with E-state index in [1.54, 1.807) is 6.92 Å². The van der Waals surface area contributed by atoms with Crippen LogP contribution in [-0.2, 0) is 4.74 Å². The molecule has 2 N–H and O–H groups in total. The fourth-order valence-electron chi connectivity index (χ4n) is 0.343. The van der Waals surface area contributed by atoms with E-state index in [9.17, 15) is 4.79 Å². The van der Waals surface area contributed by atoms with Gasteiger partial charge in [0.25, 0.3) is 0 Å². The Hall–Kier alpha value is -0.336. The second-order valence-electron chi connectivity index (χ2n) is 1.43. The molecule has 0 aromatic carbocycles. The van der Waals surface area contributed by atoms with Crippen LogP contribution in [0, 0.1) is 0 Å². The maximum absolute atomic E-state index is 10.5. The monoisotopic (exact) mass is 164 g/mol. The molecule has 0 spiro atoms. The first kappa shape index (κ1) is 8.66. The lowest BCUT2D eigenvalue weighted by Gasteiger charge is -2.01. The lowest BCUT2D eigenvalue weighted by molar-refractivity contribution is 0.158. The minimum Gasteiger partial charge on any atom is -0.450 e. The minimum absolute atomic E-state index is 0.299. The maximum atomic E-state index is 10.5. The molecular formula is C3H12N2O2Si2. The van der Waals surface area contributed by atoms with Gasteiger partial charge in [-0.05, 0) is 6.92 Å². The van der Waals surface area contributed by atoms with Crippen molar-refractivity contribution in [1.82, 2.24) is 9.63 Å². The third-order valence-electron chi connectivity index (χ3n) is 0.685. The Bertz CT molecular complexity index is 89.9. The lowest BCUT2D eigenvalue weighted by atomic mass is 10.9. The number of rotatable bonds is 3. The zero-order valence-corrected chi connectivity index (χ0v) is 9.14. The second-order valence-corrected chi connectivity index (χ2v) is 4.96. The van der Waals surface area contributed by atoms with Gasteiger partial charge in [0.2, 0.25) is 0 Å². The summed E-state index contributed by atoms with van der Waals surface area (Å²) in [5.41, 5.74) is 0. The molecule has 6 heteroatoms. The molecule has 0 bridgehead atoms. The number of hydrogen-bond acceptors (Lipinski definition) is 3. The standard InChI is InChI=1S/C3H12N2O2Si2/c1-2-7-3(6)4-9-5-8/h5H,2,9H2,1,8H3,(H,4,6). The summed E-state index contributed by atoms with van der Waals surface area (Å²) in [6, 6.07) is 0. The molecule has 0 unspecified atom stereocenters. The van der Waals surface area contributed by atoms with Gasteiger partial charge in [-0.2, -0.15) is 0 Å². The van der Waals surface area contributed by atoms with Crippen molar-refractivity contribution in [2.24, 2.45) is 0 Å². The minimum atomic E-state index is -0.559. The van der Waals surface area contributed by atoms with Crippen molar-refractivity contribution < 1.29 is 9.53 Å². The largest absolute Gasteiger partial charge is 0.450 e. The van der Waals surface area contributed by atoms with E-state index in [-0.39, 0.29) is 6.09 Å². The van der Waals surface area contributed by atoms with Crippen LogP contribution in [0.15, 0.2) is 0 Å². The van der Waals surface area contributed by atoms with Gasteiger partial charge in [-0.1, -0.05) is 0 Å². The zero-order chi connectivity index (χ0) is 7.11. The van der Waals surface area contributed by atoms with Crippen LogP contribution in [0.25, 0.3) is 0 Å². The van der Waals surface area contributed by atoms with E-state index in [4.69, 9.17) is 0 Å². The Balaban J connectivity index is 3.06. The molecule has 0 radical (unpaired) electrons. The van der Waals surface area contributed by atoms with E-state index in [0.717, 1.165) is 10.4 Å². The Labute approximate surface area is 59.8 Å². The molecular weight excluding hydrogens is 152 g/mol. The SMILES string of the molecule is CCOC(=O)N[SiH2]N[SiH3]. The van der Waals surface area contributed by atoms with Gasteiger partial charge in [0.15, 0.2) is 9.84 Å². The van der Waals surface area contributed by atoms with Gasteiger partial charge >= 0.3 is 6.09 Å².